The molecule has 1 heterocycles. The second-order valence-corrected chi connectivity index (χ2v) is 2.43. The molecule has 3 nitrogen and oxygen atoms in total. The smallest absolute Gasteiger partial charge is 0.282 e. The van der Waals surface area contributed by atoms with Gasteiger partial charge in [0.1, 0.15) is 10.7 Å². The fourth-order valence-corrected chi connectivity index (χ4v) is 0.827. The summed E-state index contributed by atoms with van der Waals surface area (Å²) in [4.78, 5) is 3.23. The first-order valence-electron chi connectivity index (χ1n) is 2.95. The summed E-state index contributed by atoms with van der Waals surface area (Å²) in [6, 6.07) is 0. The lowest BCUT2D eigenvalue weighted by atomic mass is 10.3. The van der Waals surface area contributed by atoms with E-state index < -0.39 is 17.9 Å². The molecule has 0 aromatic carbocycles. The molecule has 0 radical (unpaired) electrons. The molecule has 0 aliphatic carbocycles. The van der Waals surface area contributed by atoms with Gasteiger partial charge in [0.05, 0.1) is 11.9 Å². The average Bonchev–Trinajstić information content (AvgIpc) is 2.00. The number of nitrogens with two attached hydrogens (primary N) is 1. The van der Waals surface area contributed by atoms with Crippen LogP contribution < -0.4 is 5.73 Å². The molecule has 1 rings (SSSR count). The van der Waals surface area contributed by atoms with Crippen molar-refractivity contribution in [2.75, 3.05) is 5.73 Å². The predicted octanol–water partition coefficient (Wildman–Crippen LogP) is 1.96. The van der Waals surface area contributed by atoms with E-state index in [0.29, 0.717) is 0 Å². The van der Waals surface area contributed by atoms with Crippen LogP contribution in [-0.4, -0.2) is 10.1 Å². The third-order valence-electron chi connectivity index (χ3n) is 1.27. The van der Waals surface area contributed by atoms with Crippen LogP contribution in [0, 0.1) is 0 Å². The monoisotopic (exact) mass is 194 g/mol. The molecule has 66 valence electrons. The molecule has 6 heteroatoms. The zero-order chi connectivity index (χ0) is 9.30. The standard InChI is InChI=1S/C6H5ClF2N2O/c7-3-2(12)1-11-5(4(3)10)6(8)9/h1,6,12H,10H2. The van der Waals surface area contributed by atoms with Crippen molar-refractivity contribution >= 4 is 17.3 Å². The molecule has 0 unspecified atom stereocenters. The minimum Gasteiger partial charge on any atom is -0.505 e. The van der Waals surface area contributed by atoms with E-state index in [4.69, 9.17) is 22.4 Å². The maximum Gasteiger partial charge on any atom is 0.282 e. The third kappa shape index (κ3) is 1.40. The summed E-state index contributed by atoms with van der Waals surface area (Å²) in [6.07, 6.45) is -1.96. The van der Waals surface area contributed by atoms with E-state index in [1.807, 2.05) is 0 Å². The molecule has 0 spiro atoms. The highest BCUT2D eigenvalue weighted by Gasteiger charge is 2.17. The Morgan fingerprint density at radius 3 is 2.67 bits per heavy atom. The molecule has 1 aromatic rings. The number of aromatic hydroxyl groups is 1. The summed E-state index contributed by atoms with van der Waals surface area (Å²) >= 11 is 5.38. The Bertz CT molecular complexity index is 306. The molecule has 3 N–H and O–H groups in total. The second-order valence-electron chi connectivity index (χ2n) is 2.06. The van der Waals surface area contributed by atoms with Crippen molar-refractivity contribution in [1.29, 1.82) is 0 Å². The Balaban J connectivity index is 3.27. The van der Waals surface area contributed by atoms with Crippen LogP contribution in [-0.2, 0) is 0 Å². The van der Waals surface area contributed by atoms with E-state index >= 15 is 0 Å². The summed E-state index contributed by atoms with van der Waals surface area (Å²) in [7, 11) is 0. The molecule has 0 amide bonds. The van der Waals surface area contributed by atoms with Gasteiger partial charge in [0, 0.05) is 0 Å². The zero-order valence-electron chi connectivity index (χ0n) is 5.76. The van der Waals surface area contributed by atoms with Gasteiger partial charge in [0.15, 0.2) is 5.75 Å². The number of rotatable bonds is 1. The number of hydrogen-bond donors (Lipinski definition) is 2. The third-order valence-corrected chi connectivity index (χ3v) is 1.67. The van der Waals surface area contributed by atoms with Crippen molar-refractivity contribution in [1.82, 2.24) is 4.98 Å². The number of alkyl halides is 2. The Morgan fingerprint density at radius 2 is 2.17 bits per heavy atom. The van der Waals surface area contributed by atoms with Gasteiger partial charge in [-0.25, -0.2) is 13.8 Å². The first-order valence-corrected chi connectivity index (χ1v) is 3.32. The lowest BCUT2D eigenvalue weighted by Crippen LogP contribution is -1.98. The van der Waals surface area contributed by atoms with Crippen molar-refractivity contribution in [3.05, 3.63) is 16.9 Å². The second kappa shape index (κ2) is 3.10. The summed E-state index contributed by atoms with van der Waals surface area (Å²) in [5.41, 5.74) is 4.15. The molecule has 0 atom stereocenters. The minimum absolute atomic E-state index is 0.291. The molecule has 0 saturated heterocycles. The topological polar surface area (TPSA) is 59.1 Å². The van der Waals surface area contributed by atoms with Gasteiger partial charge in [0.25, 0.3) is 6.43 Å². The lowest BCUT2D eigenvalue weighted by molar-refractivity contribution is 0.147. The van der Waals surface area contributed by atoms with E-state index in [0.717, 1.165) is 6.20 Å². The van der Waals surface area contributed by atoms with E-state index in [2.05, 4.69) is 4.98 Å². The lowest BCUT2D eigenvalue weighted by Gasteiger charge is -2.05. The van der Waals surface area contributed by atoms with Crippen LogP contribution in [0.15, 0.2) is 6.20 Å². The zero-order valence-corrected chi connectivity index (χ0v) is 6.52. The van der Waals surface area contributed by atoms with Crippen molar-refractivity contribution in [3.8, 4) is 5.75 Å². The van der Waals surface area contributed by atoms with Crippen molar-refractivity contribution in [3.63, 3.8) is 0 Å². The maximum absolute atomic E-state index is 12.1. The van der Waals surface area contributed by atoms with Crippen LogP contribution >= 0.6 is 11.6 Å². The van der Waals surface area contributed by atoms with Crippen molar-refractivity contribution in [2.24, 2.45) is 0 Å². The fraction of sp³-hybridized carbons (Fsp3) is 0.167. The fourth-order valence-electron chi connectivity index (χ4n) is 0.681. The van der Waals surface area contributed by atoms with Crippen molar-refractivity contribution in [2.45, 2.75) is 6.43 Å². The minimum atomic E-state index is -2.79. The first-order chi connectivity index (χ1) is 5.54. The number of aromatic nitrogens is 1. The van der Waals surface area contributed by atoms with E-state index in [-0.39, 0.29) is 10.7 Å². The molecule has 0 aliphatic heterocycles. The Kier molecular flexibility index (Phi) is 2.32. The largest absolute Gasteiger partial charge is 0.505 e. The molecule has 1 aromatic heterocycles. The molecule has 0 saturated carbocycles. The average molecular weight is 195 g/mol. The van der Waals surface area contributed by atoms with E-state index in [9.17, 15) is 8.78 Å². The van der Waals surface area contributed by atoms with Gasteiger partial charge in [-0.1, -0.05) is 11.6 Å². The summed E-state index contributed by atoms with van der Waals surface area (Å²) < 4.78 is 24.1. The van der Waals surface area contributed by atoms with Crippen LogP contribution in [0.4, 0.5) is 14.5 Å². The molecule has 0 bridgehead atoms. The molecule has 0 fully saturated rings. The number of halogens is 3. The number of anilines is 1. The summed E-state index contributed by atoms with van der Waals surface area (Å²) in [5, 5.41) is 8.60. The van der Waals surface area contributed by atoms with Gasteiger partial charge in [0.2, 0.25) is 0 Å². The van der Waals surface area contributed by atoms with Gasteiger partial charge < -0.3 is 10.8 Å². The number of nitrogen functional groups attached to an aromatic ring is 1. The van der Waals surface area contributed by atoms with Crippen LogP contribution in [0.25, 0.3) is 0 Å². The highest BCUT2D eigenvalue weighted by atomic mass is 35.5. The predicted molar refractivity (Wildman–Crippen MR) is 40.3 cm³/mol. The highest BCUT2D eigenvalue weighted by molar-refractivity contribution is 6.34. The number of hydrogen-bond acceptors (Lipinski definition) is 3. The van der Waals surface area contributed by atoms with Gasteiger partial charge in [-0.2, -0.15) is 0 Å². The van der Waals surface area contributed by atoms with Crippen LogP contribution in [0.2, 0.25) is 5.02 Å². The molecular formula is C6H5ClF2N2O. The van der Waals surface area contributed by atoms with Gasteiger partial charge in [-0.15, -0.1) is 0 Å². The van der Waals surface area contributed by atoms with Gasteiger partial charge >= 0.3 is 0 Å². The quantitative estimate of drug-likeness (QED) is 0.719. The van der Waals surface area contributed by atoms with Crippen LogP contribution in [0.5, 0.6) is 5.75 Å². The molecule has 12 heavy (non-hydrogen) atoms. The van der Waals surface area contributed by atoms with Crippen molar-refractivity contribution < 1.29 is 13.9 Å². The van der Waals surface area contributed by atoms with Gasteiger partial charge in [-0.3, -0.25) is 0 Å². The number of nitrogens with zero attached hydrogens (tertiary/aromatic N) is 1. The Labute approximate surface area is 71.8 Å². The molecule has 0 aliphatic rings. The number of pyridine rings is 1. The first kappa shape index (κ1) is 8.99. The van der Waals surface area contributed by atoms with E-state index in [1.54, 1.807) is 0 Å². The van der Waals surface area contributed by atoms with Crippen LogP contribution in [0.3, 0.4) is 0 Å². The highest BCUT2D eigenvalue weighted by Crippen LogP contribution is 2.34. The Hall–Kier alpha value is -1.10. The van der Waals surface area contributed by atoms with Crippen LogP contribution in [0.1, 0.15) is 12.1 Å². The van der Waals surface area contributed by atoms with E-state index in [1.165, 1.54) is 0 Å². The molecular weight excluding hydrogens is 190 g/mol. The summed E-state index contributed by atoms with van der Waals surface area (Å²) in [5.74, 6) is -0.404. The Morgan fingerprint density at radius 1 is 1.58 bits per heavy atom. The summed E-state index contributed by atoms with van der Waals surface area (Å²) in [6.45, 7) is 0. The normalized spacial score (nSPS) is 10.7. The SMILES string of the molecule is Nc1c(C(F)F)ncc(O)c1Cl. The maximum atomic E-state index is 12.1. The van der Waals surface area contributed by atoms with Gasteiger partial charge in [-0.05, 0) is 0 Å².